The number of hydrogen-bond acceptors (Lipinski definition) is 2. The molecule has 0 fully saturated rings. The molecule has 0 aliphatic carbocycles. The minimum Gasteiger partial charge on any atom is -0.399 e. The number of nitrogens with two attached hydrogens (primary N) is 1. The molecule has 2 nitrogen and oxygen atoms in total. The van der Waals surface area contributed by atoms with E-state index in [0.717, 1.165) is 33.1 Å². The summed E-state index contributed by atoms with van der Waals surface area (Å²) in [7, 11) is 0. The smallest absolute Gasteiger partial charge is 0.0717 e. The summed E-state index contributed by atoms with van der Waals surface area (Å²) in [5.74, 6) is 0. The van der Waals surface area contributed by atoms with Crippen molar-refractivity contribution in [2.24, 2.45) is 0 Å². The van der Waals surface area contributed by atoms with Crippen molar-refractivity contribution in [1.82, 2.24) is 4.98 Å². The van der Waals surface area contributed by atoms with E-state index in [0.29, 0.717) is 0 Å². The SMILES string of the molecule is Nc1ccc2nc3ccccc3c(-c3ccc(C=Cc4ccccc4)cc3)c2c1. The molecule has 2 heteroatoms. The van der Waals surface area contributed by atoms with Gasteiger partial charge in [-0.15, -0.1) is 0 Å². The van der Waals surface area contributed by atoms with Crippen molar-refractivity contribution in [3.8, 4) is 11.1 Å². The van der Waals surface area contributed by atoms with Gasteiger partial charge in [-0.1, -0.05) is 84.9 Å². The Hall–Kier alpha value is -3.91. The highest BCUT2D eigenvalue weighted by atomic mass is 14.7. The lowest BCUT2D eigenvalue weighted by Crippen LogP contribution is -1.91. The molecule has 0 saturated carbocycles. The van der Waals surface area contributed by atoms with Crippen LogP contribution in [-0.4, -0.2) is 4.98 Å². The number of nitrogen functional groups attached to an aromatic ring is 1. The van der Waals surface area contributed by atoms with Crippen LogP contribution in [0.4, 0.5) is 5.69 Å². The molecule has 0 radical (unpaired) electrons. The number of fused-ring (bicyclic) bond motifs is 2. The lowest BCUT2D eigenvalue weighted by Gasteiger charge is -2.12. The van der Waals surface area contributed by atoms with E-state index in [1.807, 2.05) is 42.5 Å². The molecule has 0 spiro atoms. The Morgan fingerprint density at radius 3 is 2.03 bits per heavy atom. The summed E-state index contributed by atoms with van der Waals surface area (Å²) in [4.78, 5) is 4.82. The highest BCUT2D eigenvalue weighted by Crippen LogP contribution is 2.35. The maximum absolute atomic E-state index is 6.10. The Balaban J connectivity index is 1.63. The normalized spacial score (nSPS) is 11.4. The van der Waals surface area contributed by atoms with Gasteiger partial charge in [-0.2, -0.15) is 0 Å². The van der Waals surface area contributed by atoms with E-state index in [1.165, 1.54) is 16.7 Å². The fourth-order valence-corrected chi connectivity index (χ4v) is 3.74. The highest BCUT2D eigenvalue weighted by molar-refractivity contribution is 6.10. The first-order valence-electron chi connectivity index (χ1n) is 9.69. The monoisotopic (exact) mass is 372 g/mol. The van der Waals surface area contributed by atoms with Gasteiger partial charge in [-0.25, -0.2) is 4.98 Å². The summed E-state index contributed by atoms with van der Waals surface area (Å²) in [6.45, 7) is 0. The van der Waals surface area contributed by atoms with Crippen molar-refractivity contribution >= 4 is 39.6 Å². The molecule has 0 saturated heterocycles. The molecule has 2 N–H and O–H groups in total. The third kappa shape index (κ3) is 3.37. The zero-order chi connectivity index (χ0) is 19.6. The van der Waals surface area contributed by atoms with Gasteiger partial charge in [0, 0.05) is 22.0 Å². The van der Waals surface area contributed by atoms with E-state index in [4.69, 9.17) is 10.7 Å². The van der Waals surface area contributed by atoms with Crippen LogP contribution in [-0.2, 0) is 0 Å². The van der Waals surface area contributed by atoms with Gasteiger partial charge >= 0.3 is 0 Å². The quantitative estimate of drug-likeness (QED) is 0.215. The number of pyridine rings is 1. The number of benzene rings is 4. The largest absolute Gasteiger partial charge is 0.399 e. The fourth-order valence-electron chi connectivity index (χ4n) is 3.74. The summed E-state index contributed by atoms with van der Waals surface area (Å²) in [6, 6.07) is 33.2. The van der Waals surface area contributed by atoms with Gasteiger partial charge in [-0.3, -0.25) is 0 Å². The Labute approximate surface area is 170 Å². The lowest BCUT2D eigenvalue weighted by atomic mass is 9.95. The van der Waals surface area contributed by atoms with Crippen LogP contribution in [0.2, 0.25) is 0 Å². The number of hydrogen-bond donors (Lipinski definition) is 1. The molecule has 0 unspecified atom stereocenters. The molecule has 4 aromatic carbocycles. The number of anilines is 1. The van der Waals surface area contributed by atoms with E-state index in [1.54, 1.807) is 0 Å². The Morgan fingerprint density at radius 1 is 0.586 bits per heavy atom. The van der Waals surface area contributed by atoms with Crippen LogP contribution in [0.15, 0.2) is 97.1 Å². The van der Waals surface area contributed by atoms with Crippen LogP contribution in [0.3, 0.4) is 0 Å². The molecule has 0 amide bonds. The van der Waals surface area contributed by atoms with Crippen molar-refractivity contribution in [2.45, 2.75) is 0 Å². The molecule has 5 rings (SSSR count). The molecule has 29 heavy (non-hydrogen) atoms. The summed E-state index contributed by atoms with van der Waals surface area (Å²) in [5, 5.41) is 2.22. The molecule has 0 bridgehead atoms. The standard InChI is InChI=1S/C27H20N2/c28-22-16-17-26-24(18-22)27(23-8-4-5-9-25(23)29-26)21-14-12-20(13-15-21)11-10-19-6-2-1-3-7-19/h1-18H,28H2. The molecular formula is C27H20N2. The third-order valence-corrected chi connectivity index (χ3v) is 5.17. The van der Waals surface area contributed by atoms with Crippen LogP contribution in [0, 0.1) is 0 Å². The van der Waals surface area contributed by atoms with Crippen molar-refractivity contribution in [2.75, 3.05) is 5.73 Å². The number of rotatable bonds is 3. The highest BCUT2D eigenvalue weighted by Gasteiger charge is 2.11. The molecule has 1 heterocycles. The average Bonchev–Trinajstić information content (AvgIpc) is 2.77. The number of aromatic nitrogens is 1. The zero-order valence-electron chi connectivity index (χ0n) is 15.9. The van der Waals surface area contributed by atoms with Gasteiger partial charge in [0.2, 0.25) is 0 Å². The van der Waals surface area contributed by atoms with E-state index in [2.05, 4.69) is 66.7 Å². The van der Waals surface area contributed by atoms with Gasteiger partial charge in [0.15, 0.2) is 0 Å². The molecule has 0 atom stereocenters. The minimum atomic E-state index is 0.748. The summed E-state index contributed by atoms with van der Waals surface area (Å²) >= 11 is 0. The number of para-hydroxylation sites is 1. The Morgan fingerprint density at radius 2 is 1.24 bits per heavy atom. The summed E-state index contributed by atoms with van der Waals surface area (Å²) in [5.41, 5.74) is 13.5. The lowest BCUT2D eigenvalue weighted by molar-refractivity contribution is 1.49. The third-order valence-electron chi connectivity index (χ3n) is 5.17. The van der Waals surface area contributed by atoms with E-state index >= 15 is 0 Å². The fraction of sp³-hybridized carbons (Fsp3) is 0. The maximum atomic E-state index is 6.10. The van der Waals surface area contributed by atoms with Crippen molar-refractivity contribution in [1.29, 1.82) is 0 Å². The van der Waals surface area contributed by atoms with E-state index in [9.17, 15) is 0 Å². The Kier molecular flexibility index (Phi) is 4.30. The van der Waals surface area contributed by atoms with Crippen LogP contribution in [0.25, 0.3) is 45.1 Å². The van der Waals surface area contributed by atoms with Gasteiger partial charge in [0.1, 0.15) is 0 Å². The maximum Gasteiger partial charge on any atom is 0.0717 e. The first-order valence-corrected chi connectivity index (χ1v) is 9.69. The Bertz CT molecular complexity index is 1330. The summed E-state index contributed by atoms with van der Waals surface area (Å²) < 4.78 is 0. The minimum absolute atomic E-state index is 0.748. The summed E-state index contributed by atoms with van der Waals surface area (Å²) in [6.07, 6.45) is 4.27. The van der Waals surface area contributed by atoms with E-state index in [-0.39, 0.29) is 0 Å². The zero-order valence-corrected chi connectivity index (χ0v) is 15.9. The van der Waals surface area contributed by atoms with Crippen molar-refractivity contribution in [3.05, 3.63) is 108 Å². The van der Waals surface area contributed by atoms with Crippen LogP contribution in [0.1, 0.15) is 11.1 Å². The molecular weight excluding hydrogens is 352 g/mol. The topological polar surface area (TPSA) is 38.9 Å². The predicted octanol–water partition coefficient (Wildman–Crippen LogP) is 6.81. The van der Waals surface area contributed by atoms with Crippen LogP contribution in [0.5, 0.6) is 0 Å². The second-order valence-electron chi connectivity index (χ2n) is 7.15. The van der Waals surface area contributed by atoms with Gasteiger partial charge in [0.25, 0.3) is 0 Å². The predicted molar refractivity (Wildman–Crippen MR) is 124 cm³/mol. The molecule has 1 aromatic heterocycles. The molecule has 0 aliphatic heterocycles. The second kappa shape index (κ2) is 7.25. The first-order chi connectivity index (χ1) is 14.3. The van der Waals surface area contributed by atoms with Crippen molar-refractivity contribution < 1.29 is 0 Å². The van der Waals surface area contributed by atoms with Crippen molar-refractivity contribution in [3.63, 3.8) is 0 Å². The van der Waals surface area contributed by atoms with Gasteiger partial charge < -0.3 is 5.73 Å². The van der Waals surface area contributed by atoms with Crippen LogP contribution >= 0.6 is 0 Å². The van der Waals surface area contributed by atoms with E-state index < -0.39 is 0 Å². The molecule has 138 valence electrons. The van der Waals surface area contributed by atoms with Crippen LogP contribution < -0.4 is 5.73 Å². The van der Waals surface area contributed by atoms with Gasteiger partial charge in [-0.05, 0) is 41.0 Å². The first kappa shape index (κ1) is 17.2. The molecule has 0 aliphatic rings. The average molecular weight is 372 g/mol. The number of nitrogens with zero attached hydrogens (tertiary/aromatic N) is 1. The second-order valence-corrected chi connectivity index (χ2v) is 7.15. The van der Waals surface area contributed by atoms with Gasteiger partial charge in [0.05, 0.1) is 11.0 Å². The molecule has 5 aromatic rings.